The number of nitrogens with one attached hydrogen (secondary N) is 1. The van der Waals surface area contributed by atoms with Gasteiger partial charge in [-0.3, -0.25) is 10.1 Å². The maximum absolute atomic E-state index is 13.4. The van der Waals surface area contributed by atoms with E-state index in [9.17, 15) is 18.9 Å². The van der Waals surface area contributed by atoms with Crippen LogP contribution in [0.25, 0.3) is 0 Å². The monoisotopic (exact) mass is 279 g/mol. The van der Waals surface area contributed by atoms with E-state index in [1.165, 1.54) is 12.1 Å². The maximum atomic E-state index is 13.4. The molecule has 0 radical (unpaired) electrons. The Morgan fingerprint density at radius 1 is 1.30 bits per heavy atom. The quantitative estimate of drug-likeness (QED) is 0.689. The summed E-state index contributed by atoms with van der Waals surface area (Å²) < 4.78 is 26.5. The number of benzene rings is 1. The zero-order chi connectivity index (χ0) is 14.7. The van der Waals surface area contributed by atoms with Crippen LogP contribution in [0, 0.1) is 28.7 Å². The van der Waals surface area contributed by atoms with Gasteiger partial charge in [-0.15, -0.1) is 0 Å². The van der Waals surface area contributed by atoms with Gasteiger partial charge in [0.05, 0.1) is 4.92 Å². The van der Waals surface area contributed by atoms with Crippen molar-refractivity contribution < 1.29 is 13.7 Å². The van der Waals surface area contributed by atoms with Crippen molar-refractivity contribution in [2.45, 2.75) is 13.5 Å². The molecule has 2 aromatic rings. The molecule has 1 aromatic heterocycles. The van der Waals surface area contributed by atoms with Crippen LogP contribution in [0.4, 0.5) is 20.3 Å². The topological polar surface area (TPSA) is 68.1 Å². The first-order chi connectivity index (χ1) is 9.47. The predicted octanol–water partition coefficient (Wildman–Crippen LogP) is 3.19. The van der Waals surface area contributed by atoms with E-state index >= 15 is 0 Å². The van der Waals surface area contributed by atoms with E-state index in [1.807, 2.05) is 0 Å². The minimum Gasteiger partial charge on any atom is -0.360 e. The molecule has 1 heterocycles. The Hall–Kier alpha value is -2.57. The van der Waals surface area contributed by atoms with E-state index in [-0.39, 0.29) is 23.6 Å². The average Bonchev–Trinajstić information content (AvgIpc) is 2.39. The number of aryl methyl sites for hydroxylation is 1. The molecule has 1 aromatic carbocycles. The second-order valence-electron chi connectivity index (χ2n) is 4.17. The fraction of sp³-hybridized carbons (Fsp3) is 0.154. The Morgan fingerprint density at radius 3 is 2.75 bits per heavy atom. The molecule has 0 fully saturated rings. The zero-order valence-corrected chi connectivity index (χ0v) is 10.6. The van der Waals surface area contributed by atoms with E-state index in [0.717, 1.165) is 18.2 Å². The van der Waals surface area contributed by atoms with Crippen LogP contribution in [-0.2, 0) is 6.54 Å². The molecule has 0 spiro atoms. The van der Waals surface area contributed by atoms with Crippen molar-refractivity contribution in [1.82, 2.24) is 4.98 Å². The predicted molar refractivity (Wildman–Crippen MR) is 69.3 cm³/mol. The summed E-state index contributed by atoms with van der Waals surface area (Å²) in [5.41, 5.74) is 0.438. The normalized spacial score (nSPS) is 10.3. The highest BCUT2D eigenvalue weighted by atomic mass is 19.1. The van der Waals surface area contributed by atoms with Crippen molar-refractivity contribution in [2.75, 3.05) is 5.32 Å². The third kappa shape index (κ3) is 3.05. The van der Waals surface area contributed by atoms with Gasteiger partial charge in [0.2, 0.25) is 5.82 Å². The fourth-order valence-corrected chi connectivity index (χ4v) is 1.68. The summed E-state index contributed by atoms with van der Waals surface area (Å²) in [5, 5.41) is 13.5. The highest BCUT2D eigenvalue weighted by Crippen LogP contribution is 2.23. The highest BCUT2D eigenvalue weighted by molar-refractivity contribution is 5.56. The molecule has 0 aliphatic heterocycles. The molecule has 0 bridgehead atoms. The lowest BCUT2D eigenvalue weighted by molar-refractivity contribution is -0.384. The van der Waals surface area contributed by atoms with Crippen molar-refractivity contribution in [3.63, 3.8) is 0 Å². The zero-order valence-electron chi connectivity index (χ0n) is 10.6. The molecular weight excluding hydrogens is 268 g/mol. The van der Waals surface area contributed by atoms with Crippen molar-refractivity contribution in [3.05, 3.63) is 63.3 Å². The van der Waals surface area contributed by atoms with Gasteiger partial charge in [0.15, 0.2) is 0 Å². The Kier molecular flexibility index (Phi) is 3.88. The number of nitro groups is 1. The highest BCUT2D eigenvalue weighted by Gasteiger charge is 2.15. The number of nitrogens with zero attached hydrogens (tertiary/aromatic N) is 2. The van der Waals surface area contributed by atoms with Gasteiger partial charge >= 0.3 is 5.69 Å². The SMILES string of the molecule is Cc1ccc([N+](=O)[O-])c(NCc2cc(F)ccc2F)n1. The number of hydrogen-bond donors (Lipinski definition) is 1. The van der Waals surface area contributed by atoms with E-state index in [1.54, 1.807) is 6.92 Å². The van der Waals surface area contributed by atoms with Gasteiger partial charge in [0, 0.05) is 23.9 Å². The fourth-order valence-electron chi connectivity index (χ4n) is 1.68. The largest absolute Gasteiger partial charge is 0.360 e. The summed E-state index contributed by atoms with van der Waals surface area (Å²) in [5.74, 6) is -1.14. The van der Waals surface area contributed by atoms with Crippen LogP contribution < -0.4 is 5.32 Å². The number of pyridine rings is 1. The molecule has 0 aliphatic carbocycles. The standard InChI is InChI=1S/C13H11F2N3O2/c1-8-2-5-12(18(19)20)13(17-8)16-7-9-6-10(14)3-4-11(9)15/h2-6H,7H2,1H3,(H,16,17). The molecule has 0 aliphatic rings. The van der Waals surface area contributed by atoms with Crippen molar-refractivity contribution in [1.29, 1.82) is 0 Å². The summed E-state index contributed by atoms with van der Waals surface area (Å²) in [6, 6.07) is 5.86. The first-order valence-corrected chi connectivity index (χ1v) is 5.77. The van der Waals surface area contributed by atoms with Crippen LogP contribution in [0.3, 0.4) is 0 Å². The first-order valence-electron chi connectivity index (χ1n) is 5.77. The lowest BCUT2D eigenvalue weighted by Gasteiger charge is -2.08. The van der Waals surface area contributed by atoms with Gasteiger partial charge < -0.3 is 5.32 Å². The van der Waals surface area contributed by atoms with E-state index in [2.05, 4.69) is 10.3 Å². The summed E-state index contributed by atoms with van der Waals surface area (Å²) in [6.07, 6.45) is 0. The van der Waals surface area contributed by atoms with Crippen LogP contribution >= 0.6 is 0 Å². The molecule has 0 unspecified atom stereocenters. The maximum Gasteiger partial charge on any atom is 0.311 e. The number of aromatic nitrogens is 1. The van der Waals surface area contributed by atoms with E-state index < -0.39 is 16.6 Å². The summed E-state index contributed by atoms with van der Waals surface area (Å²) >= 11 is 0. The van der Waals surface area contributed by atoms with Crippen LogP contribution in [0.1, 0.15) is 11.3 Å². The Morgan fingerprint density at radius 2 is 2.05 bits per heavy atom. The molecule has 0 amide bonds. The molecule has 1 N–H and O–H groups in total. The van der Waals surface area contributed by atoms with Crippen molar-refractivity contribution in [3.8, 4) is 0 Å². The van der Waals surface area contributed by atoms with Gasteiger partial charge in [-0.05, 0) is 31.2 Å². The number of rotatable bonds is 4. The van der Waals surface area contributed by atoms with Crippen LogP contribution in [0.2, 0.25) is 0 Å². The van der Waals surface area contributed by atoms with Crippen LogP contribution in [-0.4, -0.2) is 9.91 Å². The third-order valence-corrected chi connectivity index (χ3v) is 2.66. The molecule has 0 atom stereocenters. The molecule has 20 heavy (non-hydrogen) atoms. The van der Waals surface area contributed by atoms with E-state index in [0.29, 0.717) is 5.69 Å². The number of hydrogen-bond acceptors (Lipinski definition) is 4. The molecule has 2 rings (SSSR count). The molecule has 0 saturated heterocycles. The smallest absolute Gasteiger partial charge is 0.311 e. The van der Waals surface area contributed by atoms with Gasteiger partial charge in [0.25, 0.3) is 0 Å². The number of anilines is 1. The summed E-state index contributed by atoms with van der Waals surface area (Å²) in [6.45, 7) is 1.58. The second-order valence-corrected chi connectivity index (χ2v) is 4.17. The van der Waals surface area contributed by atoms with E-state index in [4.69, 9.17) is 0 Å². The summed E-state index contributed by atoms with van der Waals surface area (Å²) in [4.78, 5) is 14.3. The van der Waals surface area contributed by atoms with Gasteiger partial charge in [-0.1, -0.05) is 0 Å². The molecule has 0 saturated carbocycles. The van der Waals surface area contributed by atoms with Gasteiger partial charge in [-0.2, -0.15) is 0 Å². The van der Waals surface area contributed by atoms with Crippen LogP contribution in [0.5, 0.6) is 0 Å². The molecule has 5 nitrogen and oxygen atoms in total. The average molecular weight is 279 g/mol. The van der Waals surface area contributed by atoms with Crippen molar-refractivity contribution >= 4 is 11.5 Å². The summed E-state index contributed by atoms with van der Waals surface area (Å²) in [7, 11) is 0. The molecular formula is C13H11F2N3O2. The first kappa shape index (κ1) is 13.9. The van der Waals surface area contributed by atoms with Gasteiger partial charge in [-0.25, -0.2) is 13.8 Å². The minimum absolute atomic E-state index is 0.0265. The van der Waals surface area contributed by atoms with Gasteiger partial charge in [0.1, 0.15) is 11.6 Å². The molecule has 7 heteroatoms. The Balaban J connectivity index is 2.24. The Labute approximate surface area is 113 Å². The lowest BCUT2D eigenvalue weighted by atomic mass is 10.2. The van der Waals surface area contributed by atoms with Crippen LogP contribution in [0.15, 0.2) is 30.3 Å². The Bertz CT molecular complexity index is 662. The second kappa shape index (κ2) is 5.60. The molecule has 104 valence electrons. The lowest BCUT2D eigenvalue weighted by Crippen LogP contribution is -2.07. The minimum atomic E-state index is -0.589. The van der Waals surface area contributed by atoms with Crippen molar-refractivity contribution in [2.24, 2.45) is 0 Å². The number of halogens is 2. The third-order valence-electron chi connectivity index (χ3n) is 2.66.